The smallest absolute Gasteiger partial charge is 0.456 e. The van der Waals surface area contributed by atoms with Gasteiger partial charge in [-0.1, -0.05) is 292 Å². The van der Waals surface area contributed by atoms with Crippen molar-refractivity contribution in [3.8, 4) is 0 Å². The Kier molecular flexibility index (Phi) is 61.6. The molecule has 3 atom stereocenters. The largest absolute Gasteiger partial charge is 0.472 e. The van der Waals surface area contributed by atoms with E-state index in [0.717, 1.165) is 122 Å². The van der Waals surface area contributed by atoms with Gasteiger partial charge in [-0.15, -0.1) is 0 Å². The standard InChI is InChI=1S/C75H135N2O7P/c1-7-10-13-16-19-22-25-28-30-32-34-36-37-38-39-41-42-44-46-49-52-55-58-61-64-67-74(78)76-72(71-83-85(80,81)82-70-69-77(4,5)6)73(66-63-60-57-54-51-48-27-24-21-18-15-12-9-3)84-75(79)68-65-62-59-56-53-50-47-45-43-40-35-33-31-29-26-23-20-17-14-11-8-2/h10,13,19,22,28-31,34,36,38-39,42,44,63,66,72-73H,7-9,11-12,14-18,20-21,23-27,32-33,35,37,40-41,43,45-62,64-65,67-71H2,1-6H3,(H-,76,78,80,81)/p+1/b13-10-,22-19-,30-28-,31-29+,36-34-,39-38-,44-42-,66-63-. The lowest BCUT2D eigenvalue weighted by Crippen LogP contribution is -2.47. The van der Waals surface area contributed by atoms with Gasteiger partial charge < -0.3 is 19.4 Å². The predicted molar refractivity (Wildman–Crippen MR) is 369 cm³/mol. The minimum atomic E-state index is -4.46. The number of hydrogen-bond donors (Lipinski definition) is 2. The Balaban J connectivity index is 5.16. The number of carbonyl (C=O) groups excluding carboxylic acids is 2. The number of phosphoric ester groups is 1. The number of phosphoric acid groups is 1. The summed E-state index contributed by atoms with van der Waals surface area (Å²) in [6, 6.07) is -0.863. The van der Waals surface area contributed by atoms with Gasteiger partial charge in [-0.2, -0.15) is 0 Å². The summed E-state index contributed by atoms with van der Waals surface area (Å²) in [5.41, 5.74) is 0. The van der Waals surface area contributed by atoms with Crippen LogP contribution in [0.15, 0.2) is 97.2 Å². The average Bonchev–Trinajstić information content (AvgIpc) is 3.64. The van der Waals surface area contributed by atoms with Crippen molar-refractivity contribution in [1.29, 1.82) is 0 Å². The zero-order chi connectivity index (χ0) is 62.1. The highest BCUT2D eigenvalue weighted by molar-refractivity contribution is 7.47. The Morgan fingerprint density at radius 1 is 0.424 bits per heavy atom. The summed E-state index contributed by atoms with van der Waals surface area (Å²) >= 11 is 0. The minimum absolute atomic E-state index is 0.0335. The Morgan fingerprint density at radius 2 is 0.753 bits per heavy atom. The normalized spacial score (nSPS) is 14.1. The van der Waals surface area contributed by atoms with E-state index in [4.69, 9.17) is 13.8 Å². The Morgan fingerprint density at radius 3 is 1.14 bits per heavy atom. The number of nitrogens with one attached hydrogen (secondary N) is 1. The molecule has 0 radical (unpaired) electrons. The molecule has 0 saturated carbocycles. The molecule has 9 nitrogen and oxygen atoms in total. The van der Waals surface area contributed by atoms with Crippen LogP contribution in [0.3, 0.4) is 0 Å². The molecule has 2 N–H and O–H groups in total. The van der Waals surface area contributed by atoms with Crippen LogP contribution in [0.4, 0.5) is 0 Å². The molecule has 0 saturated heterocycles. The Bertz CT molecular complexity index is 1780. The summed E-state index contributed by atoms with van der Waals surface area (Å²) in [6.07, 6.45) is 87.0. The second-order valence-corrected chi connectivity index (χ2v) is 26.5. The van der Waals surface area contributed by atoms with Gasteiger partial charge >= 0.3 is 13.8 Å². The lowest BCUT2D eigenvalue weighted by Gasteiger charge is -2.27. The number of quaternary nitrogens is 1. The van der Waals surface area contributed by atoms with E-state index in [0.29, 0.717) is 17.4 Å². The molecular weight excluding hydrogens is 1070 g/mol. The van der Waals surface area contributed by atoms with Crippen molar-refractivity contribution in [3.63, 3.8) is 0 Å². The van der Waals surface area contributed by atoms with Gasteiger partial charge in [0.25, 0.3) is 0 Å². The minimum Gasteiger partial charge on any atom is -0.456 e. The highest BCUT2D eigenvalue weighted by Crippen LogP contribution is 2.43. The average molecular weight is 1210 g/mol. The first kappa shape index (κ1) is 81.9. The van der Waals surface area contributed by atoms with Crippen LogP contribution in [0.5, 0.6) is 0 Å². The van der Waals surface area contributed by atoms with E-state index in [9.17, 15) is 19.0 Å². The zero-order valence-electron chi connectivity index (χ0n) is 56.3. The fourth-order valence-electron chi connectivity index (χ4n) is 10.1. The SMILES string of the molecule is CC/C=C\C/C=C\C/C=C\C/C=C\C/C=C\C/C=C\CCCCCCCCC(=O)NC(COP(=O)(O)OCC[N+](C)(C)C)C(/C=C\CCCCCCCCCCCCC)OC(=O)CCCCCCCCCCCCC/C=C/CCCCCCCC. The number of rotatable bonds is 64. The molecule has 0 aromatic rings. The van der Waals surface area contributed by atoms with Gasteiger partial charge in [0.15, 0.2) is 0 Å². The van der Waals surface area contributed by atoms with Crippen molar-refractivity contribution in [1.82, 2.24) is 5.32 Å². The van der Waals surface area contributed by atoms with Crippen molar-refractivity contribution in [3.05, 3.63) is 97.2 Å². The first-order valence-electron chi connectivity index (χ1n) is 35.6. The van der Waals surface area contributed by atoms with E-state index < -0.39 is 20.0 Å². The van der Waals surface area contributed by atoms with Gasteiger partial charge in [-0.05, 0) is 109 Å². The van der Waals surface area contributed by atoms with E-state index in [1.54, 1.807) is 0 Å². The number of amides is 1. The van der Waals surface area contributed by atoms with Gasteiger partial charge in [-0.25, -0.2) is 4.57 Å². The second kappa shape index (κ2) is 63.9. The molecular formula is C75H136N2O7P+. The molecule has 0 fully saturated rings. The third-order valence-electron chi connectivity index (χ3n) is 15.5. The van der Waals surface area contributed by atoms with Gasteiger partial charge in [-0.3, -0.25) is 18.6 Å². The summed E-state index contributed by atoms with van der Waals surface area (Å²) in [5, 5.41) is 3.06. The fourth-order valence-corrected chi connectivity index (χ4v) is 10.8. The van der Waals surface area contributed by atoms with Gasteiger partial charge in [0.05, 0.1) is 33.8 Å². The van der Waals surface area contributed by atoms with E-state index >= 15 is 0 Å². The van der Waals surface area contributed by atoms with Crippen molar-refractivity contribution >= 4 is 19.7 Å². The number of likely N-dealkylation sites (N-methyl/N-ethyl adjacent to an activating group) is 1. The summed E-state index contributed by atoms with van der Waals surface area (Å²) < 4.78 is 30.8. The molecule has 0 heterocycles. The molecule has 0 aliphatic rings. The van der Waals surface area contributed by atoms with Crippen molar-refractivity contribution in [2.24, 2.45) is 0 Å². The topological polar surface area (TPSA) is 111 Å². The lowest BCUT2D eigenvalue weighted by molar-refractivity contribution is -0.870. The van der Waals surface area contributed by atoms with E-state index in [1.165, 1.54) is 161 Å². The Hall–Kier alpha value is -3.07. The van der Waals surface area contributed by atoms with Gasteiger partial charge in [0.2, 0.25) is 5.91 Å². The first-order valence-corrected chi connectivity index (χ1v) is 37.1. The molecule has 0 aromatic carbocycles. The van der Waals surface area contributed by atoms with E-state index in [1.807, 2.05) is 33.3 Å². The molecule has 1 amide bonds. The number of allylic oxidation sites excluding steroid dienone is 15. The lowest BCUT2D eigenvalue weighted by atomic mass is 10.0. The van der Waals surface area contributed by atoms with Crippen LogP contribution >= 0.6 is 7.82 Å². The van der Waals surface area contributed by atoms with Crippen molar-refractivity contribution in [2.45, 2.75) is 328 Å². The quantitative estimate of drug-likeness (QED) is 0.0205. The third-order valence-corrected chi connectivity index (χ3v) is 16.5. The number of esters is 1. The summed E-state index contributed by atoms with van der Waals surface area (Å²) in [5.74, 6) is -0.518. The van der Waals surface area contributed by atoms with Crippen molar-refractivity contribution < 1.29 is 37.3 Å². The Labute approximate surface area is 526 Å². The molecule has 0 aromatic heterocycles. The van der Waals surface area contributed by atoms with Crippen LogP contribution in [0.1, 0.15) is 316 Å². The molecule has 0 spiro atoms. The maximum absolute atomic E-state index is 13.6. The highest BCUT2D eigenvalue weighted by atomic mass is 31.2. The monoisotopic (exact) mass is 1210 g/mol. The number of unbranched alkanes of at least 4 members (excludes halogenated alkanes) is 34. The van der Waals surface area contributed by atoms with Crippen LogP contribution in [0.2, 0.25) is 0 Å². The van der Waals surface area contributed by atoms with Crippen LogP contribution < -0.4 is 5.32 Å². The molecule has 85 heavy (non-hydrogen) atoms. The summed E-state index contributed by atoms with van der Waals surface area (Å²) in [7, 11) is 1.48. The number of hydrogen-bond acceptors (Lipinski definition) is 6. The van der Waals surface area contributed by atoms with Crippen LogP contribution in [-0.4, -0.2) is 74.3 Å². The van der Waals surface area contributed by atoms with E-state index in [2.05, 4.69) is 111 Å². The first-order chi connectivity index (χ1) is 41.4. The van der Waals surface area contributed by atoms with Gasteiger partial charge in [0, 0.05) is 12.8 Å². The zero-order valence-corrected chi connectivity index (χ0v) is 57.2. The maximum Gasteiger partial charge on any atom is 0.472 e. The summed E-state index contributed by atoms with van der Waals surface area (Å²) in [4.78, 5) is 37.9. The maximum atomic E-state index is 13.6. The van der Waals surface area contributed by atoms with Crippen molar-refractivity contribution in [2.75, 3.05) is 40.9 Å². The second-order valence-electron chi connectivity index (χ2n) is 25.0. The molecule has 0 rings (SSSR count). The fraction of sp³-hybridized carbons (Fsp3) is 0.760. The predicted octanol–water partition coefficient (Wildman–Crippen LogP) is 22.7. The third kappa shape index (κ3) is 65.2. The molecule has 492 valence electrons. The molecule has 10 heteroatoms. The summed E-state index contributed by atoms with van der Waals surface area (Å²) in [6.45, 7) is 6.91. The molecule has 0 aliphatic heterocycles. The van der Waals surface area contributed by atoms with Crippen LogP contribution in [-0.2, 0) is 27.9 Å². The van der Waals surface area contributed by atoms with Crippen LogP contribution in [0.25, 0.3) is 0 Å². The molecule has 3 unspecified atom stereocenters. The highest BCUT2D eigenvalue weighted by Gasteiger charge is 2.30. The number of ether oxygens (including phenoxy) is 1. The number of nitrogens with zero attached hydrogens (tertiary/aromatic N) is 1. The number of carbonyl (C=O) groups is 2. The van der Waals surface area contributed by atoms with E-state index in [-0.39, 0.29) is 31.5 Å². The van der Waals surface area contributed by atoms with Crippen LogP contribution in [0, 0.1) is 0 Å². The van der Waals surface area contributed by atoms with Gasteiger partial charge in [0.1, 0.15) is 19.3 Å². The molecule has 0 aliphatic carbocycles. The molecule has 0 bridgehead atoms.